The highest BCUT2D eigenvalue weighted by Crippen LogP contribution is 2.27. The highest BCUT2D eigenvalue weighted by molar-refractivity contribution is 5.87. The Balaban J connectivity index is 2.46. The lowest BCUT2D eigenvalue weighted by Crippen LogP contribution is -2.47. The molecule has 2 amide bonds. The largest absolute Gasteiger partial charge is 0.368 e. The number of nitrogens with two attached hydrogens (primary N) is 2. The third kappa shape index (κ3) is 3.20. The van der Waals surface area contributed by atoms with Gasteiger partial charge in [-0.1, -0.05) is 6.92 Å². The molecule has 0 saturated heterocycles. The monoisotopic (exact) mass is 227 g/mol. The lowest BCUT2D eigenvalue weighted by atomic mass is 9.79. The topological polar surface area (TPSA) is 98.2 Å². The standard InChI is InChI=1S/C11H21N3O2/c1-6-3-4-8(5-9(6)12)11(16)14-7(2)10(13)15/h6-9H,3-5,12H2,1-2H3,(H2,13,15)(H,14,16). The normalized spacial score (nSPS) is 31.8. The maximum atomic E-state index is 11.8. The van der Waals surface area contributed by atoms with Crippen LogP contribution in [0.15, 0.2) is 0 Å². The highest BCUT2D eigenvalue weighted by atomic mass is 16.2. The predicted molar refractivity (Wildman–Crippen MR) is 61.3 cm³/mol. The first-order valence-corrected chi connectivity index (χ1v) is 5.77. The molecule has 0 aromatic heterocycles. The lowest BCUT2D eigenvalue weighted by molar-refractivity contribution is -0.130. The van der Waals surface area contributed by atoms with E-state index in [0.29, 0.717) is 12.3 Å². The molecule has 1 saturated carbocycles. The minimum absolute atomic E-state index is 0.0759. The zero-order valence-electron chi connectivity index (χ0n) is 9.90. The van der Waals surface area contributed by atoms with Gasteiger partial charge in [0.25, 0.3) is 0 Å². The first-order valence-electron chi connectivity index (χ1n) is 5.77. The van der Waals surface area contributed by atoms with Gasteiger partial charge in [-0.2, -0.15) is 0 Å². The van der Waals surface area contributed by atoms with Crippen molar-refractivity contribution < 1.29 is 9.59 Å². The van der Waals surface area contributed by atoms with E-state index in [-0.39, 0.29) is 17.9 Å². The number of rotatable bonds is 3. The van der Waals surface area contributed by atoms with Crippen molar-refractivity contribution in [3.8, 4) is 0 Å². The molecule has 4 atom stereocenters. The molecule has 0 aromatic rings. The first kappa shape index (κ1) is 13.0. The molecule has 0 spiro atoms. The number of carbonyl (C=O) groups excluding carboxylic acids is 2. The quantitative estimate of drug-likeness (QED) is 0.619. The van der Waals surface area contributed by atoms with Crippen molar-refractivity contribution in [1.82, 2.24) is 5.32 Å². The smallest absolute Gasteiger partial charge is 0.239 e. The fourth-order valence-electron chi connectivity index (χ4n) is 2.00. The van der Waals surface area contributed by atoms with Gasteiger partial charge in [-0.15, -0.1) is 0 Å². The second-order valence-electron chi connectivity index (χ2n) is 4.78. The average Bonchev–Trinajstić information content (AvgIpc) is 2.21. The van der Waals surface area contributed by atoms with Crippen molar-refractivity contribution in [2.75, 3.05) is 0 Å². The van der Waals surface area contributed by atoms with Crippen LogP contribution in [0.5, 0.6) is 0 Å². The van der Waals surface area contributed by atoms with Crippen molar-refractivity contribution in [1.29, 1.82) is 0 Å². The molecule has 1 fully saturated rings. The van der Waals surface area contributed by atoms with Gasteiger partial charge in [-0.25, -0.2) is 0 Å². The van der Waals surface area contributed by atoms with Gasteiger partial charge in [0.15, 0.2) is 0 Å². The van der Waals surface area contributed by atoms with Crippen LogP contribution < -0.4 is 16.8 Å². The van der Waals surface area contributed by atoms with Gasteiger partial charge in [-0.05, 0) is 32.1 Å². The molecule has 0 heterocycles. The van der Waals surface area contributed by atoms with E-state index >= 15 is 0 Å². The fraction of sp³-hybridized carbons (Fsp3) is 0.818. The van der Waals surface area contributed by atoms with Crippen molar-refractivity contribution in [2.24, 2.45) is 23.3 Å². The summed E-state index contributed by atoms with van der Waals surface area (Å²) in [6, 6.07) is -0.531. The van der Waals surface area contributed by atoms with Gasteiger partial charge < -0.3 is 16.8 Å². The molecule has 1 aliphatic carbocycles. The van der Waals surface area contributed by atoms with Crippen LogP contribution in [0.4, 0.5) is 0 Å². The Morgan fingerprint density at radius 2 is 2.00 bits per heavy atom. The minimum Gasteiger partial charge on any atom is -0.368 e. The number of hydrogen-bond acceptors (Lipinski definition) is 3. The Morgan fingerprint density at radius 3 is 2.50 bits per heavy atom. The Hall–Kier alpha value is -1.10. The molecule has 1 aliphatic rings. The van der Waals surface area contributed by atoms with Crippen LogP contribution in [0.1, 0.15) is 33.1 Å². The van der Waals surface area contributed by atoms with Crippen LogP contribution in [0.3, 0.4) is 0 Å². The summed E-state index contributed by atoms with van der Waals surface area (Å²) in [6.45, 7) is 3.69. The lowest BCUT2D eigenvalue weighted by Gasteiger charge is -2.31. The Morgan fingerprint density at radius 1 is 1.38 bits per heavy atom. The molecule has 0 aliphatic heterocycles. The molecule has 4 unspecified atom stereocenters. The van der Waals surface area contributed by atoms with Crippen LogP contribution in [-0.2, 0) is 9.59 Å². The maximum Gasteiger partial charge on any atom is 0.239 e. The van der Waals surface area contributed by atoms with E-state index in [9.17, 15) is 9.59 Å². The summed E-state index contributed by atoms with van der Waals surface area (Å²) in [6.07, 6.45) is 2.49. The molecule has 0 radical (unpaired) electrons. The van der Waals surface area contributed by atoms with E-state index in [0.717, 1.165) is 12.8 Å². The van der Waals surface area contributed by atoms with Gasteiger partial charge >= 0.3 is 0 Å². The predicted octanol–water partition coefficient (Wildman–Crippen LogP) is -0.260. The average molecular weight is 227 g/mol. The van der Waals surface area contributed by atoms with Crippen molar-refractivity contribution >= 4 is 11.8 Å². The van der Waals surface area contributed by atoms with Crippen LogP contribution in [-0.4, -0.2) is 23.9 Å². The second kappa shape index (κ2) is 5.30. The summed E-state index contributed by atoms with van der Waals surface area (Å²) in [5.41, 5.74) is 11.0. The summed E-state index contributed by atoms with van der Waals surface area (Å²) >= 11 is 0. The van der Waals surface area contributed by atoms with E-state index in [1.165, 1.54) is 0 Å². The molecular weight excluding hydrogens is 206 g/mol. The van der Waals surface area contributed by atoms with Gasteiger partial charge in [0.1, 0.15) is 6.04 Å². The van der Waals surface area contributed by atoms with E-state index < -0.39 is 11.9 Å². The van der Waals surface area contributed by atoms with E-state index in [1.54, 1.807) is 6.92 Å². The zero-order chi connectivity index (χ0) is 12.3. The number of hydrogen-bond donors (Lipinski definition) is 3. The third-order valence-corrected chi connectivity index (χ3v) is 3.41. The SMILES string of the molecule is CC(NC(=O)C1CCC(C)C(N)C1)C(N)=O. The summed E-state index contributed by atoms with van der Waals surface area (Å²) in [5, 5.41) is 2.62. The molecular formula is C11H21N3O2. The summed E-state index contributed by atoms with van der Waals surface area (Å²) in [4.78, 5) is 22.6. The van der Waals surface area contributed by atoms with Gasteiger partial charge in [-0.3, -0.25) is 9.59 Å². The van der Waals surface area contributed by atoms with Crippen molar-refractivity contribution in [3.05, 3.63) is 0 Å². The Labute approximate surface area is 95.9 Å². The van der Waals surface area contributed by atoms with Gasteiger partial charge in [0.05, 0.1) is 0 Å². The van der Waals surface area contributed by atoms with Crippen LogP contribution in [0, 0.1) is 11.8 Å². The van der Waals surface area contributed by atoms with Crippen LogP contribution in [0.2, 0.25) is 0 Å². The molecule has 5 nitrogen and oxygen atoms in total. The molecule has 5 N–H and O–H groups in total. The Bertz CT molecular complexity index is 280. The second-order valence-corrected chi connectivity index (χ2v) is 4.78. The molecule has 16 heavy (non-hydrogen) atoms. The highest BCUT2D eigenvalue weighted by Gasteiger charge is 2.30. The van der Waals surface area contributed by atoms with Gasteiger partial charge in [0.2, 0.25) is 11.8 Å². The maximum absolute atomic E-state index is 11.8. The fourth-order valence-corrected chi connectivity index (χ4v) is 2.00. The molecule has 1 rings (SSSR count). The van der Waals surface area contributed by atoms with Gasteiger partial charge in [0, 0.05) is 12.0 Å². The van der Waals surface area contributed by atoms with Crippen LogP contribution in [0.25, 0.3) is 0 Å². The first-order chi connectivity index (χ1) is 7.41. The zero-order valence-corrected chi connectivity index (χ0v) is 9.90. The van der Waals surface area contributed by atoms with E-state index in [2.05, 4.69) is 12.2 Å². The summed E-state index contributed by atoms with van der Waals surface area (Å²) in [5.74, 6) is -0.221. The van der Waals surface area contributed by atoms with Crippen LogP contribution >= 0.6 is 0 Å². The number of amides is 2. The number of carbonyl (C=O) groups is 2. The third-order valence-electron chi connectivity index (χ3n) is 3.41. The summed E-state index contributed by atoms with van der Waals surface area (Å²) in [7, 11) is 0. The van der Waals surface area contributed by atoms with Crippen molar-refractivity contribution in [2.45, 2.75) is 45.2 Å². The van der Waals surface area contributed by atoms with Crippen molar-refractivity contribution in [3.63, 3.8) is 0 Å². The number of nitrogens with one attached hydrogen (secondary N) is 1. The molecule has 0 bridgehead atoms. The number of primary amides is 1. The van der Waals surface area contributed by atoms with E-state index in [4.69, 9.17) is 11.5 Å². The summed E-state index contributed by atoms with van der Waals surface area (Å²) < 4.78 is 0. The van der Waals surface area contributed by atoms with E-state index in [1.807, 2.05) is 0 Å². The molecule has 92 valence electrons. The molecule has 5 heteroatoms. The molecule has 0 aromatic carbocycles. The Kier molecular flexibility index (Phi) is 4.29. The minimum atomic E-state index is -0.608.